The highest BCUT2D eigenvalue weighted by Crippen LogP contribution is 2.36. The number of aryl methyl sites for hydroxylation is 1. The Hall–Kier alpha value is -2.71. The van der Waals surface area contributed by atoms with E-state index in [1.165, 1.54) is 21.3 Å². The molecule has 28 heavy (non-hydrogen) atoms. The molecule has 0 fully saturated rings. The van der Waals surface area contributed by atoms with Crippen LogP contribution < -0.4 is 14.8 Å². The number of anilines is 1. The Bertz CT molecular complexity index is 1060. The summed E-state index contributed by atoms with van der Waals surface area (Å²) in [6.45, 7) is 1.90. The van der Waals surface area contributed by atoms with Crippen LogP contribution in [-0.4, -0.2) is 37.8 Å². The fraction of sp³-hybridized carbons (Fsp3) is 0.263. The Kier molecular flexibility index (Phi) is 5.81. The smallest absolute Gasteiger partial charge is 0.354 e. The summed E-state index contributed by atoms with van der Waals surface area (Å²) in [7, 11) is 4.29. The molecule has 0 radical (unpaired) electrons. The molecule has 3 aromatic rings. The number of amides is 1. The number of esters is 1. The number of nitrogens with zero attached hydrogens (tertiary/aromatic N) is 1. The van der Waals surface area contributed by atoms with Crippen molar-refractivity contribution < 1.29 is 23.8 Å². The second-order valence-corrected chi connectivity index (χ2v) is 7.64. The largest absolute Gasteiger partial charge is 0.495 e. The first kappa shape index (κ1) is 20.0. The SMILES string of the molecule is COC(=O)c1cc2sc(C)cc2n1CC(=O)Nc1cc(Cl)c(OC)cc1OC. The van der Waals surface area contributed by atoms with Gasteiger partial charge in [-0.15, -0.1) is 11.3 Å². The lowest BCUT2D eigenvalue weighted by atomic mass is 10.2. The quantitative estimate of drug-likeness (QED) is 0.605. The first-order valence-corrected chi connectivity index (χ1v) is 9.46. The van der Waals surface area contributed by atoms with Crippen LogP contribution in [0.4, 0.5) is 5.69 Å². The van der Waals surface area contributed by atoms with Gasteiger partial charge in [-0.3, -0.25) is 4.79 Å². The van der Waals surface area contributed by atoms with Gasteiger partial charge >= 0.3 is 5.97 Å². The molecule has 1 aromatic carbocycles. The molecule has 0 aliphatic rings. The fourth-order valence-corrected chi connectivity index (χ4v) is 4.10. The average molecular weight is 423 g/mol. The summed E-state index contributed by atoms with van der Waals surface area (Å²) in [4.78, 5) is 25.9. The number of thiophene rings is 1. The molecule has 9 heteroatoms. The van der Waals surface area contributed by atoms with E-state index in [0.717, 1.165) is 15.1 Å². The molecule has 7 nitrogen and oxygen atoms in total. The molecule has 2 heterocycles. The number of methoxy groups -OCH3 is 3. The Labute approximate surface area is 170 Å². The van der Waals surface area contributed by atoms with Gasteiger partial charge in [0.2, 0.25) is 5.91 Å². The standard InChI is InChI=1S/C19H19ClN2O5S/c1-10-5-13-17(28-10)7-14(19(24)27-4)22(13)9-18(23)21-12-6-11(20)15(25-2)8-16(12)26-3/h5-8H,9H2,1-4H3,(H,21,23). The van der Waals surface area contributed by atoms with E-state index in [4.69, 9.17) is 25.8 Å². The maximum atomic E-state index is 12.7. The molecule has 0 saturated heterocycles. The predicted molar refractivity (Wildman–Crippen MR) is 109 cm³/mol. The number of benzene rings is 1. The molecule has 0 bridgehead atoms. The number of hydrogen-bond donors (Lipinski definition) is 1. The summed E-state index contributed by atoms with van der Waals surface area (Å²) in [5, 5.41) is 3.11. The summed E-state index contributed by atoms with van der Waals surface area (Å²) in [5.74, 6) is 0.00199. The molecular formula is C19H19ClN2O5S. The van der Waals surface area contributed by atoms with Crippen molar-refractivity contribution in [3.63, 3.8) is 0 Å². The van der Waals surface area contributed by atoms with Crippen LogP contribution >= 0.6 is 22.9 Å². The number of rotatable bonds is 6. The maximum absolute atomic E-state index is 12.7. The molecule has 1 N–H and O–H groups in total. The first-order valence-electron chi connectivity index (χ1n) is 8.27. The van der Waals surface area contributed by atoms with E-state index in [1.807, 2.05) is 13.0 Å². The van der Waals surface area contributed by atoms with Gasteiger partial charge in [0, 0.05) is 10.9 Å². The van der Waals surface area contributed by atoms with Crippen LogP contribution in [-0.2, 0) is 16.1 Å². The Morgan fingerprint density at radius 1 is 1.11 bits per heavy atom. The molecule has 0 atom stereocenters. The van der Waals surface area contributed by atoms with Crippen LogP contribution in [0.5, 0.6) is 11.5 Å². The van der Waals surface area contributed by atoms with Gasteiger partial charge in [-0.1, -0.05) is 11.6 Å². The van der Waals surface area contributed by atoms with E-state index in [-0.39, 0.29) is 12.5 Å². The van der Waals surface area contributed by atoms with Gasteiger partial charge in [0.15, 0.2) is 0 Å². The number of fused-ring (bicyclic) bond motifs is 1. The van der Waals surface area contributed by atoms with E-state index in [1.54, 1.807) is 34.1 Å². The van der Waals surface area contributed by atoms with Crippen LogP contribution in [0.2, 0.25) is 5.02 Å². The van der Waals surface area contributed by atoms with Crippen molar-refractivity contribution in [2.45, 2.75) is 13.5 Å². The van der Waals surface area contributed by atoms with Gasteiger partial charge in [0.05, 0.1) is 42.3 Å². The van der Waals surface area contributed by atoms with Gasteiger partial charge in [-0.25, -0.2) is 4.79 Å². The van der Waals surface area contributed by atoms with E-state index in [0.29, 0.717) is 27.9 Å². The molecule has 0 aliphatic heterocycles. The third-order valence-corrected chi connectivity index (χ3v) is 5.44. The van der Waals surface area contributed by atoms with Crippen LogP contribution in [0, 0.1) is 6.92 Å². The van der Waals surface area contributed by atoms with Crippen molar-refractivity contribution in [1.82, 2.24) is 4.57 Å². The highest BCUT2D eigenvalue weighted by atomic mass is 35.5. The van der Waals surface area contributed by atoms with Crippen LogP contribution in [0.1, 0.15) is 15.4 Å². The summed E-state index contributed by atoms with van der Waals surface area (Å²) >= 11 is 7.70. The number of ether oxygens (including phenoxy) is 3. The summed E-state index contributed by atoms with van der Waals surface area (Å²) in [6, 6.07) is 6.81. The summed E-state index contributed by atoms with van der Waals surface area (Å²) in [6.07, 6.45) is 0. The van der Waals surface area contributed by atoms with Crippen molar-refractivity contribution in [2.75, 3.05) is 26.6 Å². The number of halogens is 1. The highest BCUT2D eigenvalue weighted by molar-refractivity contribution is 7.19. The monoisotopic (exact) mass is 422 g/mol. The third-order valence-electron chi connectivity index (χ3n) is 4.16. The Morgan fingerprint density at radius 2 is 1.82 bits per heavy atom. The minimum absolute atomic E-state index is 0.0725. The van der Waals surface area contributed by atoms with Gasteiger partial charge in [0.1, 0.15) is 23.7 Å². The van der Waals surface area contributed by atoms with E-state index in [2.05, 4.69) is 5.32 Å². The number of nitrogens with one attached hydrogen (secondary N) is 1. The number of hydrogen-bond acceptors (Lipinski definition) is 6. The minimum Gasteiger partial charge on any atom is -0.495 e. The van der Waals surface area contributed by atoms with Gasteiger partial charge < -0.3 is 24.1 Å². The number of carbonyl (C=O) groups is 2. The zero-order valence-electron chi connectivity index (χ0n) is 15.8. The molecule has 148 valence electrons. The van der Waals surface area contributed by atoms with Crippen molar-refractivity contribution >= 4 is 50.7 Å². The Morgan fingerprint density at radius 3 is 2.46 bits per heavy atom. The molecule has 2 aromatic heterocycles. The molecule has 3 rings (SSSR count). The number of carbonyl (C=O) groups excluding carboxylic acids is 2. The molecule has 0 saturated carbocycles. The van der Waals surface area contributed by atoms with E-state index in [9.17, 15) is 9.59 Å². The maximum Gasteiger partial charge on any atom is 0.354 e. The van der Waals surface area contributed by atoms with Crippen LogP contribution in [0.15, 0.2) is 24.3 Å². The predicted octanol–water partition coefficient (Wildman–Crippen LogP) is 4.11. The molecular weight excluding hydrogens is 404 g/mol. The van der Waals surface area contributed by atoms with E-state index < -0.39 is 5.97 Å². The lowest BCUT2D eigenvalue weighted by Gasteiger charge is -2.14. The molecule has 1 amide bonds. The molecule has 0 spiro atoms. The topological polar surface area (TPSA) is 78.8 Å². The van der Waals surface area contributed by atoms with Gasteiger partial charge in [-0.2, -0.15) is 0 Å². The minimum atomic E-state index is -0.501. The summed E-state index contributed by atoms with van der Waals surface area (Å²) in [5.41, 5.74) is 1.53. The van der Waals surface area contributed by atoms with Crippen molar-refractivity contribution in [3.05, 3.63) is 39.9 Å². The average Bonchev–Trinajstić information content (AvgIpc) is 3.18. The Balaban J connectivity index is 1.91. The zero-order valence-corrected chi connectivity index (χ0v) is 17.4. The van der Waals surface area contributed by atoms with Gasteiger partial charge in [-0.05, 0) is 25.1 Å². The lowest BCUT2D eigenvalue weighted by molar-refractivity contribution is -0.116. The highest BCUT2D eigenvalue weighted by Gasteiger charge is 2.20. The second-order valence-electron chi connectivity index (χ2n) is 5.95. The zero-order chi connectivity index (χ0) is 20.4. The van der Waals surface area contributed by atoms with E-state index >= 15 is 0 Å². The van der Waals surface area contributed by atoms with Crippen LogP contribution in [0.3, 0.4) is 0 Å². The lowest BCUT2D eigenvalue weighted by Crippen LogP contribution is -2.22. The van der Waals surface area contributed by atoms with Crippen molar-refractivity contribution in [2.24, 2.45) is 0 Å². The third kappa shape index (κ3) is 3.79. The second kappa shape index (κ2) is 8.12. The number of aromatic nitrogens is 1. The fourth-order valence-electron chi connectivity index (χ4n) is 2.90. The van der Waals surface area contributed by atoms with Crippen LogP contribution in [0.25, 0.3) is 10.2 Å². The molecule has 0 unspecified atom stereocenters. The summed E-state index contributed by atoms with van der Waals surface area (Å²) < 4.78 is 17.9. The van der Waals surface area contributed by atoms with Gasteiger partial charge in [0.25, 0.3) is 0 Å². The normalized spacial score (nSPS) is 10.8. The molecule has 0 aliphatic carbocycles. The van der Waals surface area contributed by atoms with Crippen molar-refractivity contribution in [1.29, 1.82) is 0 Å². The first-order chi connectivity index (χ1) is 13.4. The van der Waals surface area contributed by atoms with Crippen molar-refractivity contribution in [3.8, 4) is 11.5 Å².